The van der Waals surface area contributed by atoms with Gasteiger partial charge in [-0.2, -0.15) is 0 Å². The van der Waals surface area contributed by atoms with Gasteiger partial charge in [-0.1, -0.05) is 15.9 Å². The fourth-order valence-corrected chi connectivity index (χ4v) is 2.10. The van der Waals surface area contributed by atoms with Gasteiger partial charge < -0.3 is 4.55 Å². The molecule has 3 nitrogen and oxygen atoms in total. The van der Waals surface area contributed by atoms with Crippen LogP contribution in [0.5, 0.6) is 0 Å². The number of halogens is 2. The van der Waals surface area contributed by atoms with Crippen LogP contribution in [0, 0.1) is 0 Å². The van der Waals surface area contributed by atoms with Crippen LogP contribution >= 0.6 is 27.5 Å². The van der Waals surface area contributed by atoms with Gasteiger partial charge in [-0.25, -0.2) is 4.21 Å². The van der Waals surface area contributed by atoms with E-state index < -0.39 is 16.3 Å². The first kappa shape index (κ1) is 11.8. The van der Waals surface area contributed by atoms with Crippen LogP contribution in [0.3, 0.4) is 0 Å². The zero-order valence-corrected chi connectivity index (χ0v) is 10.0. The van der Waals surface area contributed by atoms with E-state index in [2.05, 4.69) is 15.9 Å². The maximum atomic E-state index is 10.9. The number of benzene rings is 1. The summed E-state index contributed by atoms with van der Waals surface area (Å²) in [6, 6.07) is 4.77. The first-order valence-electron chi connectivity index (χ1n) is 3.56. The van der Waals surface area contributed by atoms with Crippen molar-refractivity contribution in [2.45, 2.75) is 5.75 Å². The molecule has 1 aromatic rings. The van der Waals surface area contributed by atoms with E-state index >= 15 is 0 Å². The lowest BCUT2D eigenvalue weighted by atomic mass is 10.1. The van der Waals surface area contributed by atoms with Crippen molar-refractivity contribution in [1.82, 2.24) is 0 Å². The third kappa shape index (κ3) is 3.16. The lowest BCUT2D eigenvalue weighted by Crippen LogP contribution is -2.01. The molecule has 0 amide bonds. The predicted octanol–water partition coefficient (Wildman–Crippen LogP) is 2.55. The van der Waals surface area contributed by atoms with Gasteiger partial charge >= 0.3 is 0 Å². The van der Waals surface area contributed by atoms with Gasteiger partial charge in [0, 0.05) is 10.0 Å². The summed E-state index contributed by atoms with van der Waals surface area (Å²) in [6.07, 6.45) is 0. The Labute approximate surface area is 96.9 Å². The Hall–Kier alpha value is -0.230. The Morgan fingerprint density at radius 1 is 1.57 bits per heavy atom. The van der Waals surface area contributed by atoms with Crippen molar-refractivity contribution in [3.8, 4) is 0 Å². The van der Waals surface area contributed by atoms with E-state index in [0.29, 0.717) is 5.56 Å². The molecule has 76 valence electrons. The van der Waals surface area contributed by atoms with Crippen LogP contribution in [0.15, 0.2) is 22.7 Å². The van der Waals surface area contributed by atoms with E-state index in [4.69, 9.17) is 16.2 Å². The molecule has 0 aliphatic carbocycles. The van der Waals surface area contributed by atoms with Crippen LogP contribution in [0.2, 0.25) is 0 Å². The molecule has 0 radical (unpaired) electrons. The number of hydrogen-bond acceptors (Lipinski definition) is 2. The van der Waals surface area contributed by atoms with Crippen molar-refractivity contribution in [2.24, 2.45) is 0 Å². The highest BCUT2D eigenvalue weighted by molar-refractivity contribution is 9.10. The largest absolute Gasteiger partial charge is 0.306 e. The van der Waals surface area contributed by atoms with Gasteiger partial charge in [-0.05, 0) is 35.4 Å². The van der Waals surface area contributed by atoms with Gasteiger partial charge in [0.1, 0.15) is 0 Å². The fraction of sp³-hybridized carbons (Fsp3) is 0.125. The molecule has 0 heterocycles. The van der Waals surface area contributed by atoms with Gasteiger partial charge in [0.25, 0.3) is 5.24 Å². The highest BCUT2D eigenvalue weighted by Crippen LogP contribution is 2.19. The molecular weight excluding hydrogens is 292 g/mol. The van der Waals surface area contributed by atoms with Crippen LogP contribution in [0.4, 0.5) is 0 Å². The van der Waals surface area contributed by atoms with E-state index in [0.717, 1.165) is 4.47 Å². The summed E-state index contributed by atoms with van der Waals surface area (Å²) in [5, 5.41) is -0.627. The minimum atomic E-state index is -1.98. The molecule has 0 fully saturated rings. The molecule has 14 heavy (non-hydrogen) atoms. The van der Waals surface area contributed by atoms with Gasteiger partial charge in [-0.15, -0.1) is 0 Å². The molecule has 0 aliphatic heterocycles. The number of carbonyl (C=O) groups is 1. The van der Waals surface area contributed by atoms with Crippen molar-refractivity contribution in [2.75, 3.05) is 0 Å². The van der Waals surface area contributed by atoms with Gasteiger partial charge in [-0.3, -0.25) is 4.79 Å². The maximum absolute atomic E-state index is 10.9. The number of carbonyl (C=O) groups excluding carboxylic acids is 1. The van der Waals surface area contributed by atoms with Gasteiger partial charge in [0.15, 0.2) is 11.1 Å². The summed E-state index contributed by atoms with van der Waals surface area (Å²) in [5.41, 5.74) is 0.720. The molecule has 0 bridgehead atoms. The molecule has 1 aromatic carbocycles. The highest BCUT2D eigenvalue weighted by atomic mass is 79.9. The monoisotopic (exact) mass is 296 g/mol. The Balaban J connectivity index is 3.15. The molecule has 0 aromatic heterocycles. The normalized spacial score (nSPS) is 12.5. The molecule has 0 aliphatic rings. The van der Waals surface area contributed by atoms with E-state index in [1.807, 2.05) is 0 Å². The topological polar surface area (TPSA) is 54.4 Å². The number of rotatable bonds is 3. The number of hydrogen-bond donors (Lipinski definition) is 1. The molecule has 0 spiro atoms. The van der Waals surface area contributed by atoms with Crippen LogP contribution in [-0.4, -0.2) is 14.0 Å². The summed E-state index contributed by atoms with van der Waals surface area (Å²) in [7, 11) is 0. The van der Waals surface area contributed by atoms with E-state index in [9.17, 15) is 9.00 Å². The van der Waals surface area contributed by atoms with Crippen LogP contribution < -0.4 is 0 Å². The summed E-state index contributed by atoms with van der Waals surface area (Å²) < 4.78 is 20.0. The van der Waals surface area contributed by atoms with Gasteiger partial charge in [0.05, 0.1) is 5.75 Å². The average molecular weight is 298 g/mol. The second-order valence-corrected chi connectivity index (χ2v) is 4.73. The fourth-order valence-electron chi connectivity index (χ4n) is 1.01. The van der Waals surface area contributed by atoms with Crippen LogP contribution in [0.1, 0.15) is 15.9 Å². The SMILES string of the molecule is O=C(Cl)c1ccc(Br)cc1CS(=O)O. The third-order valence-corrected chi connectivity index (χ3v) is 2.81. The Morgan fingerprint density at radius 3 is 2.71 bits per heavy atom. The summed E-state index contributed by atoms with van der Waals surface area (Å²) in [4.78, 5) is 10.9. The molecule has 1 unspecified atom stereocenters. The summed E-state index contributed by atoms with van der Waals surface area (Å²) in [5.74, 6) is -0.104. The van der Waals surface area contributed by atoms with E-state index in [1.165, 1.54) is 6.07 Å². The van der Waals surface area contributed by atoms with Crippen LogP contribution in [-0.2, 0) is 16.8 Å². The van der Waals surface area contributed by atoms with Crippen LogP contribution in [0.25, 0.3) is 0 Å². The zero-order valence-electron chi connectivity index (χ0n) is 6.87. The predicted molar refractivity (Wildman–Crippen MR) is 58.8 cm³/mol. The van der Waals surface area contributed by atoms with Crippen molar-refractivity contribution in [3.63, 3.8) is 0 Å². The molecule has 1 N–H and O–H groups in total. The summed E-state index contributed by atoms with van der Waals surface area (Å²) >= 11 is 6.53. The quantitative estimate of drug-likeness (QED) is 0.689. The van der Waals surface area contributed by atoms with Crippen molar-refractivity contribution >= 4 is 43.9 Å². The maximum Gasteiger partial charge on any atom is 0.252 e. The van der Waals surface area contributed by atoms with Crippen molar-refractivity contribution in [1.29, 1.82) is 0 Å². The average Bonchev–Trinajstić information content (AvgIpc) is 2.01. The molecular formula is C8H6BrClO3S. The first-order chi connectivity index (χ1) is 6.50. The van der Waals surface area contributed by atoms with Crippen molar-refractivity contribution < 1.29 is 13.6 Å². The Bertz CT molecular complexity index is 394. The molecule has 1 atom stereocenters. The van der Waals surface area contributed by atoms with E-state index in [1.54, 1.807) is 12.1 Å². The second-order valence-electron chi connectivity index (χ2n) is 2.54. The zero-order chi connectivity index (χ0) is 10.7. The molecule has 1 rings (SSSR count). The van der Waals surface area contributed by atoms with Gasteiger partial charge in [0.2, 0.25) is 0 Å². The summed E-state index contributed by atoms with van der Waals surface area (Å²) in [6.45, 7) is 0. The first-order valence-corrected chi connectivity index (χ1v) is 6.01. The lowest BCUT2D eigenvalue weighted by molar-refractivity contribution is 0.108. The lowest BCUT2D eigenvalue weighted by Gasteiger charge is -2.03. The molecule has 6 heteroatoms. The van der Waals surface area contributed by atoms with E-state index in [-0.39, 0.29) is 11.3 Å². The second kappa shape index (κ2) is 5.02. The minimum absolute atomic E-state index is 0.104. The smallest absolute Gasteiger partial charge is 0.252 e. The molecule has 0 saturated heterocycles. The standard InChI is InChI=1S/C8H6BrClO3S/c9-6-1-2-7(8(10)11)5(3-6)4-14(12)13/h1-3H,4H2,(H,12,13). The molecule has 0 saturated carbocycles. The third-order valence-electron chi connectivity index (χ3n) is 1.56. The Morgan fingerprint density at radius 2 is 2.21 bits per heavy atom. The van der Waals surface area contributed by atoms with Crippen molar-refractivity contribution in [3.05, 3.63) is 33.8 Å². The highest BCUT2D eigenvalue weighted by Gasteiger charge is 2.11. The Kier molecular flexibility index (Phi) is 4.25. The minimum Gasteiger partial charge on any atom is -0.306 e.